The molecule has 1 aliphatic heterocycles. The highest BCUT2D eigenvalue weighted by Gasteiger charge is 2.17. The van der Waals surface area contributed by atoms with E-state index in [0.717, 1.165) is 25.6 Å². The SMILES string of the molecule is CN1CCCCC1CCNCCc1cccnc1. The Morgan fingerprint density at radius 3 is 3.11 bits per heavy atom. The Morgan fingerprint density at radius 1 is 1.39 bits per heavy atom. The van der Waals surface area contributed by atoms with E-state index in [1.165, 1.54) is 37.8 Å². The van der Waals surface area contributed by atoms with Crippen LogP contribution in [-0.4, -0.2) is 42.6 Å². The molecule has 18 heavy (non-hydrogen) atoms. The fourth-order valence-corrected chi connectivity index (χ4v) is 2.68. The van der Waals surface area contributed by atoms with Gasteiger partial charge in [-0.3, -0.25) is 4.98 Å². The lowest BCUT2D eigenvalue weighted by atomic mass is 10.0. The van der Waals surface area contributed by atoms with Gasteiger partial charge in [0.1, 0.15) is 0 Å². The number of rotatable bonds is 6. The molecule has 0 aliphatic carbocycles. The lowest BCUT2D eigenvalue weighted by Crippen LogP contribution is -2.38. The average molecular weight is 247 g/mol. The van der Waals surface area contributed by atoms with E-state index in [4.69, 9.17) is 0 Å². The minimum absolute atomic E-state index is 0.796. The number of piperidine rings is 1. The normalized spacial score (nSPS) is 21.1. The van der Waals surface area contributed by atoms with E-state index in [-0.39, 0.29) is 0 Å². The van der Waals surface area contributed by atoms with E-state index in [1.807, 2.05) is 18.5 Å². The van der Waals surface area contributed by atoms with Gasteiger partial charge in [-0.15, -0.1) is 0 Å². The topological polar surface area (TPSA) is 28.2 Å². The molecule has 0 bridgehead atoms. The standard InChI is InChI=1S/C15H25N3/c1-18-12-3-2-6-15(18)8-11-16-10-7-14-5-4-9-17-13-14/h4-5,9,13,15-16H,2-3,6-8,10-12H2,1H3. The maximum Gasteiger partial charge on any atom is 0.0300 e. The lowest BCUT2D eigenvalue weighted by Gasteiger charge is -2.32. The fraction of sp³-hybridized carbons (Fsp3) is 0.667. The molecule has 3 heteroatoms. The molecule has 0 amide bonds. The predicted molar refractivity (Wildman–Crippen MR) is 75.7 cm³/mol. The van der Waals surface area contributed by atoms with Gasteiger partial charge in [-0.25, -0.2) is 0 Å². The zero-order valence-electron chi connectivity index (χ0n) is 11.4. The van der Waals surface area contributed by atoms with Gasteiger partial charge in [-0.1, -0.05) is 12.5 Å². The molecular weight excluding hydrogens is 222 g/mol. The first-order valence-electron chi connectivity index (χ1n) is 7.16. The third kappa shape index (κ3) is 4.39. The van der Waals surface area contributed by atoms with Crippen molar-refractivity contribution in [3.63, 3.8) is 0 Å². The van der Waals surface area contributed by atoms with Crippen molar-refractivity contribution >= 4 is 0 Å². The predicted octanol–water partition coefficient (Wildman–Crippen LogP) is 2.09. The monoisotopic (exact) mass is 247 g/mol. The summed E-state index contributed by atoms with van der Waals surface area (Å²) in [6, 6.07) is 4.94. The van der Waals surface area contributed by atoms with Crippen LogP contribution in [-0.2, 0) is 6.42 Å². The molecule has 0 saturated carbocycles. The summed E-state index contributed by atoms with van der Waals surface area (Å²) < 4.78 is 0. The quantitative estimate of drug-likeness (QED) is 0.780. The smallest absolute Gasteiger partial charge is 0.0300 e. The summed E-state index contributed by atoms with van der Waals surface area (Å²) >= 11 is 0. The van der Waals surface area contributed by atoms with E-state index in [1.54, 1.807) is 0 Å². The average Bonchev–Trinajstić information content (AvgIpc) is 2.42. The second-order valence-electron chi connectivity index (χ2n) is 5.28. The summed E-state index contributed by atoms with van der Waals surface area (Å²) in [5.74, 6) is 0. The van der Waals surface area contributed by atoms with Crippen LogP contribution in [0.15, 0.2) is 24.5 Å². The summed E-state index contributed by atoms with van der Waals surface area (Å²) in [5, 5.41) is 3.55. The van der Waals surface area contributed by atoms with E-state index in [2.05, 4.69) is 28.3 Å². The number of pyridine rings is 1. The Balaban J connectivity index is 1.56. The van der Waals surface area contributed by atoms with E-state index >= 15 is 0 Å². The van der Waals surface area contributed by atoms with Gasteiger partial charge in [0.05, 0.1) is 0 Å². The summed E-state index contributed by atoms with van der Waals surface area (Å²) in [7, 11) is 2.26. The van der Waals surface area contributed by atoms with Gasteiger partial charge in [-0.2, -0.15) is 0 Å². The Labute approximate surface area is 111 Å². The highest BCUT2D eigenvalue weighted by molar-refractivity contribution is 5.08. The molecule has 1 aliphatic rings. The van der Waals surface area contributed by atoms with Gasteiger partial charge >= 0.3 is 0 Å². The number of nitrogens with zero attached hydrogens (tertiary/aromatic N) is 2. The molecule has 0 spiro atoms. The first-order valence-corrected chi connectivity index (χ1v) is 7.16. The van der Waals surface area contributed by atoms with Crippen molar-refractivity contribution in [1.29, 1.82) is 0 Å². The van der Waals surface area contributed by atoms with Crippen molar-refractivity contribution in [3.05, 3.63) is 30.1 Å². The zero-order chi connectivity index (χ0) is 12.6. The number of aromatic nitrogens is 1. The Hall–Kier alpha value is -0.930. The van der Waals surface area contributed by atoms with Crippen molar-refractivity contribution in [3.8, 4) is 0 Å². The van der Waals surface area contributed by atoms with Crippen LogP contribution in [0.4, 0.5) is 0 Å². The third-order valence-corrected chi connectivity index (χ3v) is 3.89. The minimum atomic E-state index is 0.796. The van der Waals surface area contributed by atoms with Gasteiger partial charge in [0.2, 0.25) is 0 Å². The first-order chi connectivity index (χ1) is 8.86. The molecule has 1 N–H and O–H groups in total. The van der Waals surface area contributed by atoms with Crippen LogP contribution in [0.1, 0.15) is 31.2 Å². The summed E-state index contributed by atoms with van der Waals surface area (Å²) in [6.45, 7) is 3.47. The second-order valence-corrected chi connectivity index (χ2v) is 5.28. The van der Waals surface area contributed by atoms with Crippen molar-refractivity contribution in [2.45, 2.75) is 38.1 Å². The van der Waals surface area contributed by atoms with Crippen LogP contribution in [0, 0.1) is 0 Å². The zero-order valence-corrected chi connectivity index (χ0v) is 11.4. The van der Waals surface area contributed by atoms with Crippen molar-refractivity contribution in [2.75, 3.05) is 26.7 Å². The summed E-state index contributed by atoms with van der Waals surface area (Å²) in [4.78, 5) is 6.65. The Kier molecular flexibility index (Phi) is 5.62. The summed E-state index contributed by atoms with van der Waals surface area (Å²) in [6.07, 6.45) is 10.3. The molecule has 2 heterocycles. The Morgan fingerprint density at radius 2 is 2.33 bits per heavy atom. The number of likely N-dealkylation sites (tertiary alicyclic amines) is 1. The molecule has 1 aromatic heterocycles. The maximum absolute atomic E-state index is 4.13. The van der Waals surface area contributed by atoms with Crippen molar-refractivity contribution in [1.82, 2.24) is 15.2 Å². The molecule has 1 fully saturated rings. The van der Waals surface area contributed by atoms with Gasteiger partial charge < -0.3 is 10.2 Å². The number of hydrogen-bond acceptors (Lipinski definition) is 3. The highest BCUT2D eigenvalue weighted by Crippen LogP contribution is 2.16. The van der Waals surface area contributed by atoms with Crippen LogP contribution >= 0.6 is 0 Å². The van der Waals surface area contributed by atoms with Crippen molar-refractivity contribution < 1.29 is 0 Å². The van der Waals surface area contributed by atoms with Crippen LogP contribution in [0.3, 0.4) is 0 Å². The van der Waals surface area contributed by atoms with Crippen LogP contribution in [0.5, 0.6) is 0 Å². The highest BCUT2D eigenvalue weighted by atomic mass is 15.1. The number of nitrogens with one attached hydrogen (secondary N) is 1. The van der Waals surface area contributed by atoms with Gasteiger partial charge in [0, 0.05) is 18.4 Å². The van der Waals surface area contributed by atoms with E-state index < -0.39 is 0 Å². The minimum Gasteiger partial charge on any atom is -0.316 e. The lowest BCUT2D eigenvalue weighted by molar-refractivity contribution is 0.175. The second kappa shape index (κ2) is 7.49. The van der Waals surface area contributed by atoms with Crippen LogP contribution in [0.25, 0.3) is 0 Å². The van der Waals surface area contributed by atoms with Gasteiger partial charge in [0.25, 0.3) is 0 Å². The van der Waals surface area contributed by atoms with Crippen LogP contribution in [0.2, 0.25) is 0 Å². The largest absolute Gasteiger partial charge is 0.316 e. The molecule has 100 valence electrons. The number of hydrogen-bond donors (Lipinski definition) is 1. The third-order valence-electron chi connectivity index (χ3n) is 3.89. The summed E-state index contributed by atoms with van der Waals surface area (Å²) in [5.41, 5.74) is 1.32. The molecule has 0 radical (unpaired) electrons. The van der Waals surface area contributed by atoms with E-state index in [0.29, 0.717) is 0 Å². The molecule has 1 aromatic rings. The Bertz CT molecular complexity index is 326. The van der Waals surface area contributed by atoms with E-state index in [9.17, 15) is 0 Å². The van der Waals surface area contributed by atoms with Gasteiger partial charge in [0.15, 0.2) is 0 Å². The fourth-order valence-electron chi connectivity index (χ4n) is 2.68. The van der Waals surface area contributed by atoms with Gasteiger partial charge in [-0.05, 0) is 64.0 Å². The molecule has 1 unspecified atom stereocenters. The molecule has 1 atom stereocenters. The first kappa shape index (κ1) is 13.5. The molecule has 3 nitrogen and oxygen atoms in total. The molecular formula is C15H25N3. The molecule has 2 rings (SSSR count). The maximum atomic E-state index is 4.13. The van der Waals surface area contributed by atoms with Crippen LogP contribution < -0.4 is 5.32 Å². The van der Waals surface area contributed by atoms with Crippen molar-refractivity contribution in [2.24, 2.45) is 0 Å². The molecule has 0 aromatic carbocycles. The molecule has 1 saturated heterocycles.